The second-order valence-electron chi connectivity index (χ2n) is 9.32. The molecule has 0 aliphatic rings. The molecule has 0 saturated carbocycles. The average molecular weight is 654 g/mol. The van der Waals surface area contributed by atoms with Crippen LogP contribution >= 0.6 is 33.9 Å². The Hall–Kier alpha value is -2.79. The van der Waals surface area contributed by atoms with E-state index in [0.717, 1.165) is 49.9 Å². The number of sulfone groups is 1. The molecule has 5 aromatic rings. The van der Waals surface area contributed by atoms with E-state index in [1.54, 1.807) is 29.5 Å². The number of alkyl halides is 1. The highest BCUT2D eigenvalue weighted by Gasteiger charge is 2.18. The van der Waals surface area contributed by atoms with E-state index >= 15 is 0 Å². The minimum atomic E-state index is -3.27. The molecule has 0 amide bonds. The van der Waals surface area contributed by atoms with Crippen molar-refractivity contribution in [3.8, 4) is 26.7 Å². The van der Waals surface area contributed by atoms with Crippen molar-refractivity contribution in [1.29, 1.82) is 0 Å². The summed E-state index contributed by atoms with van der Waals surface area (Å²) in [4.78, 5) is 4.70. The van der Waals surface area contributed by atoms with Crippen LogP contribution in [0, 0.1) is 0 Å². The van der Waals surface area contributed by atoms with Crippen molar-refractivity contribution in [3.05, 3.63) is 114 Å². The lowest BCUT2D eigenvalue weighted by atomic mass is 10.2. The maximum atomic E-state index is 12.1. The highest BCUT2D eigenvalue weighted by molar-refractivity contribution is 14.1. The van der Waals surface area contributed by atoms with Gasteiger partial charge < -0.3 is 0 Å². The fourth-order valence-corrected chi connectivity index (χ4v) is 6.75. The molecule has 38 heavy (non-hydrogen) atoms. The van der Waals surface area contributed by atoms with E-state index in [1.165, 1.54) is 17.4 Å². The summed E-state index contributed by atoms with van der Waals surface area (Å²) in [5.74, 6) is 0. The van der Waals surface area contributed by atoms with E-state index in [0.29, 0.717) is 4.90 Å². The first-order chi connectivity index (χ1) is 18.3. The number of halogens is 1. The molecule has 0 spiro atoms. The summed E-state index contributed by atoms with van der Waals surface area (Å²) >= 11 is 4.04. The Labute approximate surface area is 241 Å². The van der Waals surface area contributed by atoms with Gasteiger partial charge in [-0.05, 0) is 60.1 Å². The highest BCUT2D eigenvalue weighted by Crippen LogP contribution is 2.37. The highest BCUT2D eigenvalue weighted by atomic mass is 127. The minimum Gasteiger partial charge on any atom is -0.296 e. The fraction of sp³-hybridized carbons (Fsp3) is 0.167. The average Bonchev–Trinajstić information content (AvgIpc) is 3.56. The molecule has 0 fully saturated rings. The fourth-order valence-electron chi connectivity index (χ4n) is 4.44. The number of hydrogen-bond donors (Lipinski definition) is 0. The lowest BCUT2D eigenvalue weighted by Crippen LogP contribution is -2.17. The van der Waals surface area contributed by atoms with Crippen LogP contribution in [-0.2, 0) is 27.4 Å². The van der Waals surface area contributed by atoms with Crippen LogP contribution in [0.5, 0.6) is 0 Å². The normalized spacial score (nSPS) is 11.8. The molecule has 5 rings (SSSR count). The van der Waals surface area contributed by atoms with E-state index in [1.807, 2.05) is 18.2 Å². The third-order valence-corrected chi connectivity index (χ3v) is 9.34. The van der Waals surface area contributed by atoms with Crippen LogP contribution in [0.3, 0.4) is 0 Å². The Morgan fingerprint density at radius 1 is 0.868 bits per heavy atom. The molecule has 5 nitrogen and oxygen atoms in total. The Balaban J connectivity index is 1.52. The van der Waals surface area contributed by atoms with Crippen molar-refractivity contribution in [2.75, 3.05) is 13.3 Å². The van der Waals surface area contributed by atoms with Gasteiger partial charge in [-0.15, -0.1) is 11.3 Å². The van der Waals surface area contributed by atoms with Crippen LogP contribution in [0.2, 0.25) is 0 Å². The van der Waals surface area contributed by atoms with Gasteiger partial charge in [0.05, 0.1) is 26.8 Å². The molecular weight excluding hydrogens is 625 g/mol. The molecule has 194 valence electrons. The van der Waals surface area contributed by atoms with E-state index < -0.39 is 9.84 Å². The first-order valence-electron chi connectivity index (χ1n) is 12.2. The topological polar surface area (TPSA) is 55.2 Å². The summed E-state index contributed by atoms with van der Waals surface area (Å²) in [6, 6.07) is 32.3. The number of nitrogens with zero attached hydrogens (tertiary/aromatic N) is 3. The summed E-state index contributed by atoms with van der Waals surface area (Å²) < 4.78 is 27.1. The summed E-state index contributed by atoms with van der Waals surface area (Å²) in [7, 11) is -1.16. The number of benzene rings is 3. The zero-order valence-corrected chi connectivity index (χ0v) is 25.0. The van der Waals surface area contributed by atoms with E-state index in [9.17, 15) is 8.42 Å². The molecule has 8 heteroatoms. The van der Waals surface area contributed by atoms with Crippen molar-refractivity contribution in [2.24, 2.45) is 0 Å². The molecule has 0 N–H and O–H groups in total. The molecule has 0 unspecified atom stereocenters. The van der Waals surface area contributed by atoms with Gasteiger partial charge in [-0.1, -0.05) is 83.3 Å². The van der Waals surface area contributed by atoms with Gasteiger partial charge in [0.1, 0.15) is 0 Å². The van der Waals surface area contributed by atoms with Crippen LogP contribution in [0.4, 0.5) is 0 Å². The maximum Gasteiger partial charge on any atom is 0.175 e. The molecule has 0 aliphatic heterocycles. The van der Waals surface area contributed by atoms with Crippen molar-refractivity contribution in [2.45, 2.75) is 22.4 Å². The van der Waals surface area contributed by atoms with Crippen LogP contribution in [0.15, 0.2) is 102 Å². The monoisotopic (exact) mass is 653 g/mol. The molecule has 0 saturated heterocycles. The lowest BCUT2D eigenvalue weighted by molar-refractivity contribution is 0.314. The first kappa shape index (κ1) is 26.8. The zero-order chi connectivity index (χ0) is 26.7. The molecule has 2 heterocycles. The number of thiophene rings is 1. The first-order valence-corrected chi connectivity index (χ1v) is 16.4. The van der Waals surface area contributed by atoms with Gasteiger partial charge in [0.15, 0.2) is 9.84 Å². The largest absolute Gasteiger partial charge is 0.296 e. The lowest BCUT2D eigenvalue weighted by Gasteiger charge is -2.15. The second-order valence-corrected chi connectivity index (χ2v) is 13.2. The van der Waals surface area contributed by atoms with E-state index in [4.69, 9.17) is 5.10 Å². The Morgan fingerprint density at radius 3 is 2.37 bits per heavy atom. The summed E-state index contributed by atoms with van der Waals surface area (Å²) in [6.45, 7) is 1.56. The molecule has 2 aromatic heterocycles. The van der Waals surface area contributed by atoms with Gasteiger partial charge in [0.25, 0.3) is 0 Å². The third-order valence-electron chi connectivity index (χ3n) is 6.26. The standard InChI is InChI=1S/C30H28IN3O2S2/c1-33(20-22-9-4-3-5-10-22)21-25-18-28(34(32-25)27-14-7-6-11-24(27)19-31)30-16-15-29(37-30)23-12-8-13-26(17-23)38(2,35)36/h3-18H,19-21H2,1-2H3. The molecule has 0 bridgehead atoms. The van der Waals surface area contributed by atoms with E-state index in [-0.39, 0.29) is 0 Å². The number of aromatic nitrogens is 2. The van der Waals surface area contributed by atoms with Gasteiger partial charge in [-0.25, -0.2) is 13.1 Å². The molecule has 0 radical (unpaired) electrons. The Morgan fingerprint density at radius 2 is 1.61 bits per heavy atom. The number of rotatable bonds is 9. The quantitative estimate of drug-likeness (QED) is 0.124. The predicted molar refractivity (Wildman–Crippen MR) is 165 cm³/mol. The van der Waals surface area contributed by atoms with Crippen LogP contribution in [-0.4, -0.2) is 36.4 Å². The van der Waals surface area contributed by atoms with Crippen LogP contribution in [0.25, 0.3) is 26.7 Å². The Kier molecular flexibility index (Phi) is 8.13. The Bertz CT molecular complexity index is 1660. The molecular formula is C30H28IN3O2S2. The van der Waals surface area contributed by atoms with Gasteiger partial charge in [0.2, 0.25) is 0 Å². The SMILES string of the molecule is CN(Cc1ccccc1)Cc1cc(-c2ccc(-c3cccc(S(C)(=O)=O)c3)s2)n(-c2ccccc2CI)n1. The maximum absolute atomic E-state index is 12.1. The molecule has 3 aromatic carbocycles. The summed E-state index contributed by atoms with van der Waals surface area (Å²) in [6.07, 6.45) is 1.24. The summed E-state index contributed by atoms with van der Waals surface area (Å²) in [5, 5.41) is 5.07. The van der Waals surface area contributed by atoms with Crippen molar-refractivity contribution in [1.82, 2.24) is 14.7 Å². The molecule has 0 atom stereocenters. The second kappa shape index (κ2) is 11.5. The van der Waals surface area contributed by atoms with Gasteiger partial charge in [0, 0.05) is 28.6 Å². The van der Waals surface area contributed by atoms with Crippen molar-refractivity contribution < 1.29 is 8.42 Å². The van der Waals surface area contributed by atoms with Gasteiger partial charge >= 0.3 is 0 Å². The van der Waals surface area contributed by atoms with Gasteiger partial charge in [-0.3, -0.25) is 4.90 Å². The zero-order valence-electron chi connectivity index (χ0n) is 21.2. The minimum absolute atomic E-state index is 0.328. The van der Waals surface area contributed by atoms with E-state index in [2.05, 4.69) is 99.9 Å². The van der Waals surface area contributed by atoms with Crippen LogP contribution in [0.1, 0.15) is 16.8 Å². The smallest absolute Gasteiger partial charge is 0.175 e. The number of para-hydroxylation sites is 1. The van der Waals surface area contributed by atoms with Crippen molar-refractivity contribution >= 4 is 43.8 Å². The van der Waals surface area contributed by atoms with Gasteiger partial charge in [-0.2, -0.15) is 5.10 Å². The summed E-state index contributed by atoms with van der Waals surface area (Å²) in [5.41, 5.74) is 6.48. The molecule has 0 aliphatic carbocycles. The van der Waals surface area contributed by atoms with Crippen LogP contribution < -0.4 is 0 Å². The van der Waals surface area contributed by atoms with Crippen molar-refractivity contribution in [3.63, 3.8) is 0 Å². The predicted octanol–water partition coefficient (Wildman–Crippen LogP) is 7.24. The number of hydrogen-bond acceptors (Lipinski definition) is 5. The third kappa shape index (κ3) is 6.09.